The van der Waals surface area contributed by atoms with Crippen LogP contribution in [0.1, 0.15) is 30.0 Å². The van der Waals surface area contributed by atoms with Crippen LogP contribution in [0.3, 0.4) is 0 Å². The number of nitrogens with zero attached hydrogens (tertiary/aromatic N) is 1. The third-order valence-corrected chi connectivity index (χ3v) is 4.47. The maximum atomic E-state index is 13.4. The Kier molecular flexibility index (Phi) is 3.77. The highest BCUT2D eigenvalue weighted by molar-refractivity contribution is 5.96. The standard InChI is InChI=1S/C21H18FNO/c1-2-24-13-18-20(14-9-11-16(22)12-10-14)17-5-3-4-6-19(17)23-21(18)15-7-8-15/h2-6,9-12,15H,1,7-8,13H2. The second kappa shape index (κ2) is 6.08. The highest BCUT2D eigenvalue weighted by Crippen LogP contribution is 2.45. The first kappa shape index (κ1) is 14.9. The van der Waals surface area contributed by atoms with Crippen LogP contribution in [0.4, 0.5) is 4.39 Å². The predicted molar refractivity (Wildman–Crippen MR) is 94.1 cm³/mol. The third kappa shape index (κ3) is 2.67. The van der Waals surface area contributed by atoms with E-state index in [9.17, 15) is 4.39 Å². The number of rotatable bonds is 5. The summed E-state index contributed by atoms with van der Waals surface area (Å²) in [6.07, 6.45) is 3.78. The molecule has 3 heteroatoms. The van der Waals surface area contributed by atoms with Crippen molar-refractivity contribution in [3.8, 4) is 11.1 Å². The van der Waals surface area contributed by atoms with Gasteiger partial charge in [0, 0.05) is 16.9 Å². The zero-order valence-electron chi connectivity index (χ0n) is 13.3. The van der Waals surface area contributed by atoms with Crippen LogP contribution in [-0.4, -0.2) is 4.98 Å². The SMILES string of the molecule is C=COCc1c(C2CC2)nc2ccccc2c1-c1ccc(F)cc1. The molecule has 2 nitrogen and oxygen atoms in total. The van der Waals surface area contributed by atoms with Gasteiger partial charge in [-0.05, 0) is 42.2 Å². The predicted octanol–water partition coefficient (Wildman–Crippen LogP) is 5.58. The molecule has 0 radical (unpaired) electrons. The highest BCUT2D eigenvalue weighted by Gasteiger charge is 2.30. The van der Waals surface area contributed by atoms with Crippen LogP contribution >= 0.6 is 0 Å². The van der Waals surface area contributed by atoms with Crippen LogP contribution in [0, 0.1) is 5.82 Å². The van der Waals surface area contributed by atoms with E-state index in [1.165, 1.54) is 18.4 Å². The lowest BCUT2D eigenvalue weighted by atomic mass is 9.93. The monoisotopic (exact) mass is 319 g/mol. The summed E-state index contributed by atoms with van der Waals surface area (Å²) in [6, 6.07) is 14.8. The highest BCUT2D eigenvalue weighted by atomic mass is 19.1. The van der Waals surface area contributed by atoms with Gasteiger partial charge >= 0.3 is 0 Å². The maximum Gasteiger partial charge on any atom is 0.123 e. The number of ether oxygens (including phenoxy) is 1. The van der Waals surface area contributed by atoms with Gasteiger partial charge in [0.1, 0.15) is 12.4 Å². The van der Waals surface area contributed by atoms with Crippen molar-refractivity contribution in [3.63, 3.8) is 0 Å². The fourth-order valence-corrected chi connectivity index (χ4v) is 3.20. The van der Waals surface area contributed by atoms with E-state index in [-0.39, 0.29) is 5.82 Å². The minimum Gasteiger partial charge on any atom is -0.497 e. The molecular weight excluding hydrogens is 301 g/mol. The Hall–Kier alpha value is -2.68. The van der Waals surface area contributed by atoms with Gasteiger partial charge in [0.15, 0.2) is 0 Å². The van der Waals surface area contributed by atoms with Gasteiger partial charge in [0.2, 0.25) is 0 Å². The molecule has 0 amide bonds. The van der Waals surface area contributed by atoms with Gasteiger partial charge in [-0.15, -0.1) is 0 Å². The smallest absolute Gasteiger partial charge is 0.123 e. The maximum absolute atomic E-state index is 13.4. The Balaban J connectivity index is 2.02. The fourth-order valence-electron chi connectivity index (χ4n) is 3.20. The van der Waals surface area contributed by atoms with Crippen molar-refractivity contribution in [1.29, 1.82) is 0 Å². The first-order valence-corrected chi connectivity index (χ1v) is 8.18. The van der Waals surface area contributed by atoms with Crippen molar-refractivity contribution in [3.05, 3.63) is 78.4 Å². The lowest BCUT2D eigenvalue weighted by Crippen LogP contribution is -2.03. The molecule has 0 atom stereocenters. The third-order valence-electron chi connectivity index (χ3n) is 4.47. The average molecular weight is 319 g/mol. The number of halogens is 1. The number of hydrogen-bond donors (Lipinski definition) is 0. The van der Waals surface area contributed by atoms with Crippen molar-refractivity contribution in [2.24, 2.45) is 0 Å². The lowest BCUT2D eigenvalue weighted by molar-refractivity contribution is 0.237. The summed E-state index contributed by atoms with van der Waals surface area (Å²) < 4.78 is 18.9. The van der Waals surface area contributed by atoms with Crippen molar-refractivity contribution in [2.45, 2.75) is 25.4 Å². The molecule has 24 heavy (non-hydrogen) atoms. The molecule has 1 heterocycles. The van der Waals surface area contributed by atoms with E-state index in [0.29, 0.717) is 12.5 Å². The van der Waals surface area contributed by atoms with Gasteiger partial charge in [0.25, 0.3) is 0 Å². The number of aromatic nitrogens is 1. The van der Waals surface area contributed by atoms with Crippen LogP contribution < -0.4 is 0 Å². The van der Waals surface area contributed by atoms with Gasteiger partial charge in [-0.1, -0.05) is 36.9 Å². The quantitative estimate of drug-likeness (QED) is 0.573. The Bertz CT molecular complexity index is 898. The van der Waals surface area contributed by atoms with Crippen LogP contribution in [0.5, 0.6) is 0 Å². The Labute approximate surface area is 140 Å². The fraction of sp³-hybridized carbons (Fsp3) is 0.190. The molecule has 3 aromatic rings. The normalized spacial score (nSPS) is 13.9. The molecule has 1 fully saturated rings. The summed E-state index contributed by atoms with van der Waals surface area (Å²) in [4.78, 5) is 4.91. The van der Waals surface area contributed by atoms with E-state index in [1.54, 1.807) is 0 Å². The Morgan fingerprint density at radius 1 is 1.12 bits per heavy atom. The number of hydrogen-bond acceptors (Lipinski definition) is 2. The zero-order valence-corrected chi connectivity index (χ0v) is 13.3. The van der Waals surface area contributed by atoms with E-state index >= 15 is 0 Å². The molecule has 0 saturated heterocycles. The minimum atomic E-state index is -0.233. The van der Waals surface area contributed by atoms with Gasteiger partial charge in [-0.2, -0.15) is 0 Å². The van der Waals surface area contributed by atoms with E-state index in [4.69, 9.17) is 9.72 Å². The summed E-state index contributed by atoms with van der Waals surface area (Å²) in [5.41, 5.74) is 5.24. The van der Waals surface area contributed by atoms with E-state index in [1.807, 2.05) is 30.3 Å². The Morgan fingerprint density at radius 2 is 1.88 bits per heavy atom. The molecule has 1 aliphatic rings. The molecule has 4 rings (SSSR count). The molecule has 0 aliphatic heterocycles. The molecule has 1 aromatic heterocycles. The summed E-state index contributed by atoms with van der Waals surface area (Å²) in [5.74, 6) is 0.264. The molecule has 0 bridgehead atoms. The molecule has 0 N–H and O–H groups in total. The number of fused-ring (bicyclic) bond motifs is 1. The summed E-state index contributed by atoms with van der Waals surface area (Å²) in [6.45, 7) is 4.08. The Morgan fingerprint density at radius 3 is 2.58 bits per heavy atom. The number of para-hydroxylation sites is 1. The second-order valence-electron chi connectivity index (χ2n) is 6.13. The number of benzene rings is 2. The lowest BCUT2D eigenvalue weighted by Gasteiger charge is -2.17. The first-order chi connectivity index (χ1) is 11.8. The largest absolute Gasteiger partial charge is 0.497 e. The van der Waals surface area contributed by atoms with Gasteiger partial charge in [0.05, 0.1) is 17.5 Å². The molecule has 1 saturated carbocycles. The van der Waals surface area contributed by atoms with E-state index in [0.717, 1.165) is 46.1 Å². The molecule has 0 spiro atoms. The van der Waals surface area contributed by atoms with Crippen LogP contribution in [-0.2, 0) is 11.3 Å². The van der Waals surface area contributed by atoms with Crippen molar-refractivity contribution >= 4 is 10.9 Å². The average Bonchev–Trinajstić information content (AvgIpc) is 3.44. The molecule has 2 aromatic carbocycles. The second-order valence-corrected chi connectivity index (χ2v) is 6.13. The minimum absolute atomic E-state index is 0.233. The van der Waals surface area contributed by atoms with Gasteiger partial charge in [-0.3, -0.25) is 4.98 Å². The van der Waals surface area contributed by atoms with E-state index in [2.05, 4.69) is 12.6 Å². The molecular formula is C21H18FNO. The molecule has 1 aliphatic carbocycles. The van der Waals surface area contributed by atoms with E-state index < -0.39 is 0 Å². The summed E-state index contributed by atoms with van der Waals surface area (Å²) in [5, 5.41) is 1.07. The van der Waals surface area contributed by atoms with Crippen LogP contribution in [0.25, 0.3) is 22.0 Å². The van der Waals surface area contributed by atoms with Crippen LogP contribution in [0.2, 0.25) is 0 Å². The number of pyridine rings is 1. The summed E-state index contributed by atoms with van der Waals surface area (Å²) >= 11 is 0. The zero-order chi connectivity index (χ0) is 16.5. The topological polar surface area (TPSA) is 22.1 Å². The summed E-state index contributed by atoms with van der Waals surface area (Å²) in [7, 11) is 0. The van der Waals surface area contributed by atoms with Crippen LogP contribution in [0.15, 0.2) is 61.4 Å². The van der Waals surface area contributed by atoms with Gasteiger partial charge in [-0.25, -0.2) is 4.39 Å². The molecule has 120 valence electrons. The molecule has 0 unspecified atom stereocenters. The van der Waals surface area contributed by atoms with Gasteiger partial charge < -0.3 is 4.74 Å². The van der Waals surface area contributed by atoms with Crippen molar-refractivity contribution < 1.29 is 9.13 Å². The first-order valence-electron chi connectivity index (χ1n) is 8.18. The van der Waals surface area contributed by atoms with Crippen molar-refractivity contribution in [1.82, 2.24) is 4.98 Å². The van der Waals surface area contributed by atoms with Crippen molar-refractivity contribution in [2.75, 3.05) is 0 Å².